The van der Waals surface area contributed by atoms with Crippen LogP contribution in [0.25, 0.3) is 10.9 Å². The molecule has 1 aromatic heterocycles. The molecule has 0 aliphatic carbocycles. The maximum atomic E-state index is 3.47. The molecule has 17 heavy (non-hydrogen) atoms. The minimum absolute atomic E-state index is 0.282. The number of aromatic amines is 1. The van der Waals surface area contributed by atoms with Crippen LogP contribution in [0.1, 0.15) is 25.1 Å². The lowest BCUT2D eigenvalue weighted by molar-refractivity contribution is 0.350. The number of aryl methyl sites for hydroxylation is 1. The van der Waals surface area contributed by atoms with Crippen LogP contribution in [0.15, 0.2) is 24.3 Å². The molecule has 1 heterocycles. The summed E-state index contributed by atoms with van der Waals surface area (Å²) in [4.78, 5) is 3.47. The second-order valence-corrected chi connectivity index (χ2v) is 5.65. The molecule has 0 radical (unpaired) electrons. The van der Waals surface area contributed by atoms with Gasteiger partial charge in [-0.3, -0.25) is 0 Å². The molecule has 0 fully saturated rings. The molecule has 0 aliphatic heterocycles. The molecule has 0 unspecified atom stereocenters. The van der Waals surface area contributed by atoms with E-state index < -0.39 is 0 Å². The Balaban J connectivity index is 2.38. The zero-order chi connectivity index (χ0) is 12.5. The van der Waals surface area contributed by atoms with E-state index in [1.807, 2.05) is 7.05 Å². The monoisotopic (exact) mass is 230 g/mol. The molecule has 0 bridgehead atoms. The maximum Gasteiger partial charge on any atom is 0.0458 e. The average Bonchev–Trinajstić information content (AvgIpc) is 2.55. The van der Waals surface area contributed by atoms with E-state index >= 15 is 0 Å². The fraction of sp³-hybridized carbons (Fsp3) is 0.467. The highest BCUT2D eigenvalue weighted by molar-refractivity contribution is 5.84. The van der Waals surface area contributed by atoms with Crippen LogP contribution in [-0.4, -0.2) is 18.6 Å². The van der Waals surface area contributed by atoms with Crippen molar-refractivity contribution in [3.8, 4) is 0 Å². The van der Waals surface area contributed by atoms with E-state index in [1.165, 1.54) is 22.2 Å². The van der Waals surface area contributed by atoms with Gasteiger partial charge >= 0.3 is 0 Å². The molecular formula is C15H22N2. The number of aromatic nitrogens is 1. The molecule has 0 saturated carbocycles. The van der Waals surface area contributed by atoms with Crippen molar-refractivity contribution in [3.05, 3.63) is 35.5 Å². The molecule has 2 rings (SSSR count). The van der Waals surface area contributed by atoms with Crippen LogP contribution in [0.3, 0.4) is 0 Å². The predicted octanol–water partition coefficient (Wildman–Crippen LogP) is 3.26. The summed E-state index contributed by atoms with van der Waals surface area (Å²) in [7, 11) is 2.02. The summed E-state index contributed by atoms with van der Waals surface area (Å²) in [6.07, 6.45) is 1.10. The number of benzene rings is 1. The van der Waals surface area contributed by atoms with Gasteiger partial charge in [0.15, 0.2) is 0 Å². The van der Waals surface area contributed by atoms with Gasteiger partial charge in [0, 0.05) is 23.1 Å². The molecule has 2 aromatic rings. The van der Waals surface area contributed by atoms with Crippen LogP contribution in [0.2, 0.25) is 0 Å². The van der Waals surface area contributed by atoms with Crippen molar-refractivity contribution in [2.45, 2.75) is 27.2 Å². The van der Waals surface area contributed by atoms with Crippen molar-refractivity contribution in [1.29, 1.82) is 0 Å². The molecule has 0 spiro atoms. The number of nitrogens with one attached hydrogen (secondary N) is 2. The van der Waals surface area contributed by atoms with Crippen molar-refractivity contribution in [2.75, 3.05) is 13.6 Å². The second kappa shape index (κ2) is 4.53. The topological polar surface area (TPSA) is 27.8 Å². The van der Waals surface area contributed by atoms with Crippen molar-refractivity contribution in [2.24, 2.45) is 5.41 Å². The average molecular weight is 230 g/mol. The molecule has 0 amide bonds. The molecule has 2 heteroatoms. The number of rotatable bonds is 4. The molecule has 2 nitrogen and oxygen atoms in total. The maximum absolute atomic E-state index is 3.47. The molecular weight excluding hydrogens is 208 g/mol. The van der Waals surface area contributed by atoms with Gasteiger partial charge in [-0.25, -0.2) is 0 Å². The van der Waals surface area contributed by atoms with E-state index in [1.54, 1.807) is 0 Å². The first-order valence-electron chi connectivity index (χ1n) is 6.24. The largest absolute Gasteiger partial charge is 0.358 e. The van der Waals surface area contributed by atoms with Gasteiger partial charge in [0.2, 0.25) is 0 Å². The summed E-state index contributed by atoms with van der Waals surface area (Å²) in [6.45, 7) is 7.83. The van der Waals surface area contributed by atoms with Crippen molar-refractivity contribution in [1.82, 2.24) is 10.3 Å². The van der Waals surface area contributed by atoms with E-state index in [0.717, 1.165) is 13.0 Å². The van der Waals surface area contributed by atoms with Gasteiger partial charge < -0.3 is 10.3 Å². The second-order valence-electron chi connectivity index (χ2n) is 5.65. The first-order chi connectivity index (χ1) is 8.03. The lowest BCUT2D eigenvalue weighted by atomic mass is 9.85. The molecule has 1 aromatic carbocycles. The first-order valence-corrected chi connectivity index (χ1v) is 6.24. The van der Waals surface area contributed by atoms with Gasteiger partial charge in [-0.1, -0.05) is 32.0 Å². The molecule has 2 N–H and O–H groups in total. The Morgan fingerprint density at radius 3 is 2.65 bits per heavy atom. The molecule has 0 aliphatic rings. The zero-order valence-corrected chi connectivity index (χ0v) is 11.2. The summed E-state index contributed by atoms with van der Waals surface area (Å²) < 4.78 is 0. The zero-order valence-electron chi connectivity index (χ0n) is 11.2. The highest BCUT2D eigenvalue weighted by Crippen LogP contribution is 2.29. The fourth-order valence-electron chi connectivity index (χ4n) is 2.58. The minimum Gasteiger partial charge on any atom is -0.358 e. The quantitative estimate of drug-likeness (QED) is 0.829. The molecule has 0 saturated heterocycles. The Hall–Kier alpha value is -1.28. The number of para-hydroxylation sites is 1. The Kier molecular flexibility index (Phi) is 3.25. The Morgan fingerprint density at radius 1 is 1.24 bits per heavy atom. The Bertz CT molecular complexity index is 509. The van der Waals surface area contributed by atoms with Gasteiger partial charge in [-0.2, -0.15) is 0 Å². The summed E-state index contributed by atoms with van der Waals surface area (Å²) in [5, 5.41) is 4.65. The smallest absolute Gasteiger partial charge is 0.0458 e. The summed E-state index contributed by atoms with van der Waals surface area (Å²) in [5.74, 6) is 0. The van der Waals surface area contributed by atoms with E-state index in [9.17, 15) is 0 Å². The lowest BCUT2D eigenvalue weighted by Crippen LogP contribution is -2.28. The van der Waals surface area contributed by atoms with E-state index in [-0.39, 0.29) is 5.41 Å². The number of hydrogen-bond acceptors (Lipinski definition) is 1. The highest BCUT2D eigenvalue weighted by atomic mass is 14.8. The Labute approximate surface area is 103 Å². The number of hydrogen-bond donors (Lipinski definition) is 2. The summed E-state index contributed by atoms with van der Waals surface area (Å²) in [6, 6.07) is 8.56. The SMILES string of the molecule is CNCC(C)(C)Cc1c(C)[nH]c2ccccc12. The standard InChI is InChI=1S/C15H22N2/c1-11-13(9-15(2,3)10-16-4)12-7-5-6-8-14(12)17-11/h5-8,16-17H,9-10H2,1-4H3. The van der Waals surface area contributed by atoms with Crippen LogP contribution < -0.4 is 5.32 Å². The van der Waals surface area contributed by atoms with Crippen molar-refractivity contribution >= 4 is 10.9 Å². The van der Waals surface area contributed by atoms with Crippen LogP contribution in [-0.2, 0) is 6.42 Å². The van der Waals surface area contributed by atoms with E-state index in [4.69, 9.17) is 0 Å². The van der Waals surface area contributed by atoms with Crippen LogP contribution >= 0.6 is 0 Å². The molecule has 92 valence electrons. The van der Waals surface area contributed by atoms with Gasteiger partial charge in [-0.15, -0.1) is 0 Å². The summed E-state index contributed by atoms with van der Waals surface area (Å²) in [5.41, 5.74) is 4.29. The van der Waals surface area contributed by atoms with Gasteiger partial charge in [0.1, 0.15) is 0 Å². The lowest BCUT2D eigenvalue weighted by Gasteiger charge is -2.24. The molecule has 0 atom stereocenters. The van der Waals surface area contributed by atoms with Gasteiger partial charge in [-0.05, 0) is 37.4 Å². The van der Waals surface area contributed by atoms with Gasteiger partial charge in [0.05, 0.1) is 0 Å². The predicted molar refractivity (Wildman–Crippen MR) is 74.4 cm³/mol. The normalized spacial score (nSPS) is 12.2. The van der Waals surface area contributed by atoms with E-state index in [0.29, 0.717) is 0 Å². The third-order valence-electron chi connectivity index (χ3n) is 3.34. The van der Waals surface area contributed by atoms with Crippen molar-refractivity contribution < 1.29 is 0 Å². The fourth-order valence-corrected chi connectivity index (χ4v) is 2.58. The van der Waals surface area contributed by atoms with E-state index in [2.05, 4.69) is 55.3 Å². The highest BCUT2D eigenvalue weighted by Gasteiger charge is 2.20. The van der Waals surface area contributed by atoms with Crippen LogP contribution in [0.4, 0.5) is 0 Å². The third-order valence-corrected chi connectivity index (χ3v) is 3.34. The third kappa shape index (κ3) is 2.52. The number of H-pyrrole nitrogens is 1. The van der Waals surface area contributed by atoms with Crippen molar-refractivity contribution in [3.63, 3.8) is 0 Å². The summed E-state index contributed by atoms with van der Waals surface area (Å²) >= 11 is 0. The van der Waals surface area contributed by atoms with Crippen LogP contribution in [0.5, 0.6) is 0 Å². The first kappa shape index (κ1) is 12.2. The number of fused-ring (bicyclic) bond motifs is 1. The Morgan fingerprint density at radius 2 is 1.94 bits per heavy atom. The van der Waals surface area contributed by atoms with Gasteiger partial charge in [0.25, 0.3) is 0 Å². The van der Waals surface area contributed by atoms with Crippen LogP contribution in [0, 0.1) is 12.3 Å². The minimum atomic E-state index is 0.282.